The van der Waals surface area contributed by atoms with Crippen LogP contribution < -0.4 is 15.2 Å². The Morgan fingerprint density at radius 1 is 1.32 bits per heavy atom. The highest BCUT2D eigenvalue weighted by Gasteiger charge is 2.32. The maximum atomic E-state index is 5.87. The number of nitrogens with two attached hydrogens (primary N) is 1. The second-order valence-electron chi connectivity index (χ2n) is 6.31. The number of likely N-dealkylation sites (tertiary alicyclic amines) is 1. The molecule has 2 rings (SSSR count). The zero-order chi connectivity index (χ0) is 15.3. The van der Waals surface area contributed by atoms with Gasteiger partial charge in [-0.3, -0.25) is 4.90 Å². The summed E-state index contributed by atoms with van der Waals surface area (Å²) in [7, 11) is 1.69. The van der Waals surface area contributed by atoms with Crippen LogP contribution in [0.15, 0.2) is 18.2 Å². The summed E-state index contributed by atoms with van der Waals surface area (Å²) >= 11 is 0. The summed E-state index contributed by atoms with van der Waals surface area (Å²) < 4.78 is 11.1. The molecule has 126 valence electrons. The molecule has 0 saturated carbocycles. The summed E-state index contributed by atoms with van der Waals surface area (Å²) in [4.78, 5) is 2.47. The van der Waals surface area contributed by atoms with Crippen molar-refractivity contribution in [3.63, 3.8) is 0 Å². The fourth-order valence-electron chi connectivity index (χ4n) is 2.83. The Bertz CT molecular complexity index is 470. The van der Waals surface area contributed by atoms with Gasteiger partial charge in [-0.15, -0.1) is 12.4 Å². The molecule has 1 aromatic carbocycles. The zero-order valence-corrected chi connectivity index (χ0v) is 14.7. The molecule has 22 heavy (non-hydrogen) atoms. The van der Waals surface area contributed by atoms with Gasteiger partial charge in [0.05, 0.1) is 13.7 Å². The maximum absolute atomic E-state index is 5.87. The first-order chi connectivity index (χ1) is 10.1. The van der Waals surface area contributed by atoms with Crippen LogP contribution in [0, 0.1) is 5.41 Å². The molecular weight excluding hydrogens is 300 g/mol. The standard InChI is InChI=1S/C17H28N2O2.ClH/c1-4-9-21-15-6-5-14(10-16(15)20-3)11-19-8-7-17(2,12-18)13-19;/h5-6,10H,4,7-9,11-13,18H2,1-3H3;1H. The molecular formula is C17H29ClN2O2. The highest BCUT2D eigenvalue weighted by molar-refractivity contribution is 5.85. The Kier molecular flexibility index (Phi) is 7.46. The van der Waals surface area contributed by atoms with Crippen molar-refractivity contribution in [3.8, 4) is 11.5 Å². The summed E-state index contributed by atoms with van der Waals surface area (Å²) in [5, 5.41) is 0. The third-order valence-electron chi connectivity index (χ3n) is 4.23. The zero-order valence-electron chi connectivity index (χ0n) is 13.9. The third kappa shape index (κ3) is 4.77. The van der Waals surface area contributed by atoms with E-state index >= 15 is 0 Å². The molecule has 1 aliphatic heterocycles. The van der Waals surface area contributed by atoms with Gasteiger partial charge in [0.15, 0.2) is 11.5 Å². The predicted molar refractivity (Wildman–Crippen MR) is 93.1 cm³/mol. The Morgan fingerprint density at radius 3 is 2.68 bits per heavy atom. The number of hydrogen-bond acceptors (Lipinski definition) is 4. The molecule has 0 spiro atoms. The smallest absolute Gasteiger partial charge is 0.161 e. The van der Waals surface area contributed by atoms with E-state index in [0.29, 0.717) is 0 Å². The second-order valence-corrected chi connectivity index (χ2v) is 6.31. The number of benzene rings is 1. The number of nitrogens with zero attached hydrogens (tertiary/aromatic N) is 1. The predicted octanol–water partition coefficient (Wildman–Crippen LogP) is 3.08. The lowest BCUT2D eigenvalue weighted by atomic mass is 9.90. The quantitative estimate of drug-likeness (QED) is 0.835. The monoisotopic (exact) mass is 328 g/mol. The molecule has 5 heteroatoms. The topological polar surface area (TPSA) is 47.7 Å². The molecule has 1 aliphatic rings. The highest BCUT2D eigenvalue weighted by atomic mass is 35.5. The molecule has 1 atom stereocenters. The largest absolute Gasteiger partial charge is 0.493 e. The van der Waals surface area contributed by atoms with Crippen LogP contribution in [0.4, 0.5) is 0 Å². The van der Waals surface area contributed by atoms with Gasteiger partial charge < -0.3 is 15.2 Å². The highest BCUT2D eigenvalue weighted by Crippen LogP contribution is 2.32. The van der Waals surface area contributed by atoms with Crippen molar-refractivity contribution in [2.75, 3.05) is 33.4 Å². The van der Waals surface area contributed by atoms with E-state index in [1.165, 1.54) is 12.0 Å². The van der Waals surface area contributed by atoms with Crippen molar-refractivity contribution in [1.29, 1.82) is 0 Å². The minimum absolute atomic E-state index is 0. The van der Waals surface area contributed by atoms with Crippen LogP contribution in [0.1, 0.15) is 32.3 Å². The molecule has 4 nitrogen and oxygen atoms in total. The molecule has 1 fully saturated rings. The Hall–Kier alpha value is -0.970. The van der Waals surface area contributed by atoms with E-state index in [9.17, 15) is 0 Å². The fourth-order valence-corrected chi connectivity index (χ4v) is 2.83. The molecule has 2 N–H and O–H groups in total. The number of halogens is 1. The molecule has 1 saturated heterocycles. The fraction of sp³-hybridized carbons (Fsp3) is 0.647. The Morgan fingerprint density at radius 2 is 2.09 bits per heavy atom. The number of ether oxygens (including phenoxy) is 2. The third-order valence-corrected chi connectivity index (χ3v) is 4.23. The van der Waals surface area contributed by atoms with Crippen molar-refractivity contribution in [3.05, 3.63) is 23.8 Å². The molecule has 1 aromatic rings. The summed E-state index contributed by atoms with van der Waals surface area (Å²) in [6, 6.07) is 6.23. The molecule has 1 unspecified atom stereocenters. The minimum atomic E-state index is 0. The van der Waals surface area contributed by atoms with Crippen LogP contribution in [0.5, 0.6) is 11.5 Å². The SMILES string of the molecule is CCCOc1ccc(CN2CCC(C)(CN)C2)cc1OC.Cl. The minimum Gasteiger partial charge on any atom is -0.493 e. The average molecular weight is 329 g/mol. The first kappa shape index (κ1) is 19.1. The van der Waals surface area contributed by atoms with Gasteiger partial charge in [0.2, 0.25) is 0 Å². The van der Waals surface area contributed by atoms with Crippen molar-refractivity contribution < 1.29 is 9.47 Å². The van der Waals surface area contributed by atoms with Gasteiger partial charge in [-0.1, -0.05) is 19.9 Å². The first-order valence-corrected chi connectivity index (χ1v) is 7.82. The molecule has 0 amide bonds. The maximum Gasteiger partial charge on any atom is 0.161 e. The van der Waals surface area contributed by atoms with Gasteiger partial charge in [0, 0.05) is 13.1 Å². The van der Waals surface area contributed by atoms with Crippen LogP contribution in [0.2, 0.25) is 0 Å². The van der Waals surface area contributed by atoms with E-state index in [2.05, 4.69) is 30.9 Å². The van der Waals surface area contributed by atoms with Crippen molar-refractivity contribution in [1.82, 2.24) is 4.90 Å². The summed E-state index contributed by atoms with van der Waals surface area (Å²) in [6.07, 6.45) is 2.18. The lowest BCUT2D eigenvalue weighted by Gasteiger charge is -2.23. The van der Waals surface area contributed by atoms with Crippen LogP contribution in [-0.2, 0) is 6.54 Å². The van der Waals surface area contributed by atoms with E-state index in [4.69, 9.17) is 15.2 Å². The van der Waals surface area contributed by atoms with Gasteiger partial charge in [0.1, 0.15) is 0 Å². The van der Waals surface area contributed by atoms with Crippen LogP contribution in [-0.4, -0.2) is 38.3 Å². The Labute approximate surface area is 140 Å². The summed E-state index contributed by atoms with van der Waals surface area (Å²) in [5.74, 6) is 1.65. The lowest BCUT2D eigenvalue weighted by Crippen LogP contribution is -2.31. The molecule has 1 heterocycles. The van der Waals surface area contributed by atoms with Crippen molar-refractivity contribution >= 4 is 12.4 Å². The number of hydrogen-bond donors (Lipinski definition) is 1. The Balaban J connectivity index is 0.00000242. The average Bonchev–Trinajstić information content (AvgIpc) is 2.87. The van der Waals surface area contributed by atoms with Crippen LogP contribution in [0.25, 0.3) is 0 Å². The van der Waals surface area contributed by atoms with Crippen LogP contribution >= 0.6 is 12.4 Å². The number of rotatable bonds is 7. The van der Waals surface area contributed by atoms with E-state index < -0.39 is 0 Å². The van der Waals surface area contributed by atoms with Gasteiger partial charge >= 0.3 is 0 Å². The summed E-state index contributed by atoms with van der Waals surface area (Å²) in [6.45, 7) is 8.98. The molecule has 0 aliphatic carbocycles. The van der Waals surface area contributed by atoms with Gasteiger partial charge in [-0.05, 0) is 49.0 Å². The molecule has 0 radical (unpaired) electrons. The normalized spacial score (nSPS) is 21.5. The lowest BCUT2D eigenvalue weighted by molar-refractivity contribution is 0.272. The van der Waals surface area contributed by atoms with Gasteiger partial charge in [0.25, 0.3) is 0 Å². The summed E-state index contributed by atoms with van der Waals surface area (Å²) in [5.41, 5.74) is 7.41. The number of methoxy groups -OCH3 is 1. The van der Waals surface area contributed by atoms with Crippen LogP contribution in [0.3, 0.4) is 0 Å². The van der Waals surface area contributed by atoms with Crippen molar-refractivity contribution in [2.45, 2.75) is 33.2 Å². The second kappa shape index (κ2) is 8.61. The molecule has 0 aromatic heterocycles. The van der Waals surface area contributed by atoms with Gasteiger partial charge in [-0.25, -0.2) is 0 Å². The van der Waals surface area contributed by atoms with E-state index in [0.717, 1.165) is 50.7 Å². The van der Waals surface area contributed by atoms with E-state index in [1.54, 1.807) is 7.11 Å². The van der Waals surface area contributed by atoms with E-state index in [-0.39, 0.29) is 17.8 Å². The first-order valence-electron chi connectivity index (χ1n) is 7.82. The van der Waals surface area contributed by atoms with Gasteiger partial charge in [-0.2, -0.15) is 0 Å². The molecule has 0 bridgehead atoms. The van der Waals surface area contributed by atoms with E-state index in [1.807, 2.05) is 6.07 Å². The van der Waals surface area contributed by atoms with Crippen molar-refractivity contribution in [2.24, 2.45) is 11.1 Å².